The van der Waals surface area contributed by atoms with Crippen molar-refractivity contribution < 1.29 is 0 Å². The van der Waals surface area contributed by atoms with E-state index in [2.05, 4.69) is 69.4 Å². The molecule has 0 aliphatic heterocycles. The van der Waals surface area contributed by atoms with Gasteiger partial charge < -0.3 is 5.32 Å². The van der Waals surface area contributed by atoms with Crippen molar-refractivity contribution in [3.05, 3.63) is 76.2 Å². The maximum absolute atomic E-state index is 4.84. The molecule has 0 atom stereocenters. The highest BCUT2D eigenvalue weighted by molar-refractivity contribution is 9.10. The van der Waals surface area contributed by atoms with Crippen LogP contribution in [0.15, 0.2) is 59.5 Å². The van der Waals surface area contributed by atoms with E-state index in [1.807, 2.05) is 22.8 Å². The summed E-state index contributed by atoms with van der Waals surface area (Å²) in [4.78, 5) is 9.01. The van der Waals surface area contributed by atoms with Gasteiger partial charge in [0.2, 0.25) is 0 Å². The van der Waals surface area contributed by atoms with Gasteiger partial charge in [0.15, 0.2) is 5.65 Å². The Labute approximate surface area is 160 Å². The monoisotopic (exact) mass is 407 g/mol. The van der Waals surface area contributed by atoms with Gasteiger partial charge in [0, 0.05) is 30.6 Å². The number of anilines is 1. The van der Waals surface area contributed by atoms with Crippen LogP contribution in [0.3, 0.4) is 0 Å². The molecule has 130 valence electrons. The standard InChI is InChI=1S/C20H18BrN5/c1-13-5-3-6-14(2)19(13)17-9-18(23-11-15-7-4-8-22-10-15)26-20(25-17)16(21)12-24-26/h3-10,12,23H,11H2,1-2H3. The average Bonchev–Trinajstić information content (AvgIpc) is 3.02. The van der Waals surface area contributed by atoms with Crippen molar-refractivity contribution in [2.24, 2.45) is 0 Å². The first kappa shape index (κ1) is 16.7. The number of rotatable bonds is 4. The minimum Gasteiger partial charge on any atom is -0.366 e. The lowest BCUT2D eigenvalue weighted by molar-refractivity contribution is 0.925. The molecule has 0 radical (unpaired) electrons. The molecule has 0 aliphatic rings. The van der Waals surface area contributed by atoms with E-state index in [1.54, 1.807) is 12.4 Å². The van der Waals surface area contributed by atoms with E-state index in [9.17, 15) is 0 Å². The van der Waals surface area contributed by atoms with Crippen LogP contribution in [0.5, 0.6) is 0 Å². The number of hydrogen-bond acceptors (Lipinski definition) is 4. The summed E-state index contributed by atoms with van der Waals surface area (Å²) in [5.74, 6) is 0.891. The molecule has 3 aromatic heterocycles. The minimum atomic E-state index is 0.663. The van der Waals surface area contributed by atoms with Gasteiger partial charge in [-0.15, -0.1) is 0 Å². The molecule has 3 heterocycles. The number of benzene rings is 1. The van der Waals surface area contributed by atoms with Gasteiger partial charge in [0.25, 0.3) is 0 Å². The fourth-order valence-corrected chi connectivity index (χ4v) is 3.45. The molecule has 1 N–H and O–H groups in total. The van der Waals surface area contributed by atoms with Crippen molar-refractivity contribution in [2.75, 3.05) is 5.32 Å². The third-order valence-electron chi connectivity index (χ3n) is 4.36. The molecule has 5 nitrogen and oxygen atoms in total. The van der Waals surface area contributed by atoms with Crippen LogP contribution in [-0.2, 0) is 6.54 Å². The third-order valence-corrected chi connectivity index (χ3v) is 4.92. The molecule has 0 unspecified atom stereocenters. The third kappa shape index (κ3) is 3.08. The molecule has 26 heavy (non-hydrogen) atoms. The molecule has 4 rings (SSSR count). The fraction of sp³-hybridized carbons (Fsp3) is 0.150. The predicted octanol–water partition coefficient (Wildman–Crippen LogP) is 4.78. The quantitative estimate of drug-likeness (QED) is 0.528. The number of aromatic nitrogens is 4. The summed E-state index contributed by atoms with van der Waals surface area (Å²) < 4.78 is 2.69. The Morgan fingerprint density at radius 2 is 1.88 bits per heavy atom. The van der Waals surface area contributed by atoms with Gasteiger partial charge in [0.05, 0.1) is 16.4 Å². The Balaban J connectivity index is 1.82. The van der Waals surface area contributed by atoms with Gasteiger partial charge in [-0.05, 0) is 52.5 Å². The first-order chi connectivity index (χ1) is 12.6. The second-order valence-electron chi connectivity index (χ2n) is 6.24. The van der Waals surface area contributed by atoms with Crippen LogP contribution in [-0.4, -0.2) is 19.6 Å². The van der Waals surface area contributed by atoms with Crippen molar-refractivity contribution in [1.29, 1.82) is 0 Å². The Morgan fingerprint density at radius 1 is 1.08 bits per heavy atom. The summed E-state index contributed by atoms with van der Waals surface area (Å²) in [6.45, 7) is 4.89. The summed E-state index contributed by atoms with van der Waals surface area (Å²) in [5.41, 5.74) is 6.40. The smallest absolute Gasteiger partial charge is 0.172 e. The molecule has 4 aromatic rings. The van der Waals surface area contributed by atoms with Crippen molar-refractivity contribution in [3.8, 4) is 11.3 Å². The van der Waals surface area contributed by atoms with E-state index in [1.165, 1.54) is 11.1 Å². The topological polar surface area (TPSA) is 55.1 Å². The molecular formula is C20H18BrN5. The first-order valence-corrected chi connectivity index (χ1v) is 9.16. The molecule has 6 heteroatoms. The first-order valence-electron chi connectivity index (χ1n) is 8.37. The van der Waals surface area contributed by atoms with Gasteiger partial charge in [-0.25, -0.2) is 4.98 Å². The van der Waals surface area contributed by atoms with E-state index in [0.29, 0.717) is 6.54 Å². The zero-order valence-electron chi connectivity index (χ0n) is 14.6. The molecule has 0 amide bonds. The number of pyridine rings is 1. The van der Waals surface area contributed by atoms with E-state index in [4.69, 9.17) is 4.98 Å². The van der Waals surface area contributed by atoms with Crippen LogP contribution >= 0.6 is 15.9 Å². The largest absolute Gasteiger partial charge is 0.366 e. The second-order valence-corrected chi connectivity index (χ2v) is 7.09. The highest BCUT2D eigenvalue weighted by atomic mass is 79.9. The van der Waals surface area contributed by atoms with Crippen LogP contribution < -0.4 is 5.32 Å². The van der Waals surface area contributed by atoms with Gasteiger partial charge in [-0.2, -0.15) is 9.61 Å². The van der Waals surface area contributed by atoms with E-state index < -0.39 is 0 Å². The van der Waals surface area contributed by atoms with Crippen LogP contribution in [0, 0.1) is 13.8 Å². The van der Waals surface area contributed by atoms with Crippen LogP contribution in [0.2, 0.25) is 0 Å². The molecule has 0 spiro atoms. The van der Waals surface area contributed by atoms with E-state index in [0.717, 1.165) is 32.8 Å². The van der Waals surface area contributed by atoms with Gasteiger partial charge in [-0.3, -0.25) is 4.98 Å². The molecule has 0 aliphatic carbocycles. The Hall–Kier alpha value is -2.73. The van der Waals surface area contributed by atoms with Crippen molar-refractivity contribution in [1.82, 2.24) is 19.6 Å². The number of aryl methyl sites for hydroxylation is 2. The summed E-state index contributed by atoms with van der Waals surface area (Å²) >= 11 is 3.56. The lowest BCUT2D eigenvalue weighted by Gasteiger charge is -2.13. The maximum Gasteiger partial charge on any atom is 0.172 e. The second kappa shape index (κ2) is 6.88. The Bertz CT molecular complexity index is 1050. The lowest BCUT2D eigenvalue weighted by atomic mass is 10.00. The lowest BCUT2D eigenvalue weighted by Crippen LogP contribution is -2.07. The van der Waals surface area contributed by atoms with Gasteiger partial charge in [0.1, 0.15) is 5.82 Å². The molecule has 1 aromatic carbocycles. The molecule has 0 fully saturated rings. The number of fused-ring (bicyclic) bond motifs is 1. The van der Waals surface area contributed by atoms with E-state index >= 15 is 0 Å². The van der Waals surface area contributed by atoms with Crippen LogP contribution in [0.25, 0.3) is 16.9 Å². The molecule has 0 bridgehead atoms. The summed E-state index contributed by atoms with van der Waals surface area (Å²) in [6, 6.07) is 12.3. The molecule has 0 saturated heterocycles. The van der Waals surface area contributed by atoms with Crippen LogP contribution in [0.1, 0.15) is 16.7 Å². The summed E-state index contributed by atoms with van der Waals surface area (Å²) in [7, 11) is 0. The Morgan fingerprint density at radius 3 is 2.62 bits per heavy atom. The number of hydrogen-bond donors (Lipinski definition) is 1. The highest BCUT2D eigenvalue weighted by Crippen LogP contribution is 2.30. The van der Waals surface area contributed by atoms with Crippen LogP contribution in [0.4, 0.5) is 5.82 Å². The zero-order chi connectivity index (χ0) is 18.1. The molecular weight excluding hydrogens is 390 g/mol. The van der Waals surface area contributed by atoms with E-state index in [-0.39, 0.29) is 0 Å². The van der Waals surface area contributed by atoms with Crippen molar-refractivity contribution in [3.63, 3.8) is 0 Å². The summed E-state index contributed by atoms with van der Waals surface area (Å²) in [6.07, 6.45) is 5.40. The fourth-order valence-electron chi connectivity index (χ4n) is 3.10. The van der Waals surface area contributed by atoms with Crippen molar-refractivity contribution in [2.45, 2.75) is 20.4 Å². The normalized spacial score (nSPS) is 11.0. The number of nitrogens with zero attached hydrogens (tertiary/aromatic N) is 4. The molecule has 0 saturated carbocycles. The highest BCUT2D eigenvalue weighted by Gasteiger charge is 2.14. The minimum absolute atomic E-state index is 0.663. The average molecular weight is 408 g/mol. The van der Waals surface area contributed by atoms with Gasteiger partial charge in [-0.1, -0.05) is 24.3 Å². The predicted molar refractivity (Wildman–Crippen MR) is 107 cm³/mol. The zero-order valence-corrected chi connectivity index (χ0v) is 16.2. The van der Waals surface area contributed by atoms with Gasteiger partial charge >= 0.3 is 0 Å². The van der Waals surface area contributed by atoms with Crippen molar-refractivity contribution >= 4 is 27.4 Å². The Kier molecular flexibility index (Phi) is 4.42. The summed E-state index contributed by atoms with van der Waals surface area (Å²) in [5, 5.41) is 7.91. The number of nitrogens with one attached hydrogen (secondary N) is 1. The SMILES string of the molecule is Cc1cccc(C)c1-c1cc(NCc2cccnc2)n2ncc(Br)c2n1. The number of halogens is 1. The maximum atomic E-state index is 4.84.